The third-order valence-electron chi connectivity index (χ3n) is 9.33. The first-order valence-corrected chi connectivity index (χ1v) is 15.2. The van der Waals surface area contributed by atoms with Crippen LogP contribution in [-0.2, 0) is 4.79 Å². The van der Waals surface area contributed by atoms with Crippen molar-refractivity contribution in [3.05, 3.63) is 89.1 Å². The number of carbonyl (C=O) groups is 2. The van der Waals surface area contributed by atoms with Gasteiger partial charge >= 0.3 is 5.69 Å². The molecule has 11 heteroatoms. The molecule has 1 saturated heterocycles. The van der Waals surface area contributed by atoms with Crippen LogP contribution in [0.25, 0.3) is 16.9 Å². The van der Waals surface area contributed by atoms with Gasteiger partial charge in [-0.15, -0.1) is 0 Å². The molecular weight excluding hydrogens is 556 g/mol. The second-order valence-electron chi connectivity index (χ2n) is 12.2. The fourth-order valence-electron chi connectivity index (χ4n) is 6.87. The summed E-state index contributed by atoms with van der Waals surface area (Å²) in [6, 6.07) is 16.7. The molecule has 0 spiro atoms. The lowest BCUT2D eigenvalue weighted by Crippen LogP contribution is -2.30. The van der Waals surface area contributed by atoms with Crippen LogP contribution < -0.4 is 16.7 Å². The van der Waals surface area contributed by atoms with Crippen molar-refractivity contribution in [3.63, 3.8) is 0 Å². The highest BCUT2D eigenvalue weighted by atomic mass is 16.2. The average molecular weight is 593 g/mol. The van der Waals surface area contributed by atoms with Crippen LogP contribution >= 0.6 is 0 Å². The van der Waals surface area contributed by atoms with E-state index in [-0.39, 0.29) is 29.4 Å². The first-order chi connectivity index (χ1) is 21.4. The molecule has 3 heterocycles. The number of carbonyl (C=O) groups excluding carboxylic acids is 2. The maximum atomic E-state index is 14.0. The standard InChI is InChI=1S/C33H36N8O3/c1-38(25-13-14-25)15-5-8-28(42)39-18-22-16-27(17-23(22)19-39)41-31-29(30(34)35-20-36-31)40(33(41)44)26-11-9-24(10-12-26)37-32(43)21-6-3-2-4-7-21/h2-12,20,22-23,25,27H,13-19H2,1H3,(H,37,43)(H2,34,35,36). The minimum atomic E-state index is -0.228. The van der Waals surface area contributed by atoms with Gasteiger partial charge in [0.25, 0.3) is 5.91 Å². The number of benzene rings is 2. The molecule has 226 valence electrons. The predicted octanol–water partition coefficient (Wildman–Crippen LogP) is 3.48. The fraction of sp³-hybridized carbons (Fsp3) is 0.364. The number of imidazole rings is 1. The molecule has 2 saturated carbocycles. The van der Waals surface area contributed by atoms with Gasteiger partial charge < -0.3 is 16.0 Å². The number of hydrogen-bond donors (Lipinski definition) is 2. The molecule has 3 aliphatic rings. The molecule has 2 aromatic carbocycles. The van der Waals surface area contributed by atoms with Crippen LogP contribution in [-0.4, -0.2) is 73.4 Å². The average Bonchev–Trinajstić information content (AvgIpc) is 3.60. The summed E-state index contributed by atoms with van der Waals surface area (Å²) in [5.41, 5.74) is 8.83. The number of fused-ring (bicyclic) bond motifs is 2. The van der Waals surface area contributed by atoms with Crippen molar-refractivity contribution in [1.29, 1.82) is 0 Å². The highest BCUT2D eigenvalue weighted by molar-refractivity contribution is 6.04. The summed E-state index contributed by atoms with van der Waals surface area (Å²) >= 11 is 0. The molecule has 0 radical (unpaired) electrons. The molecule has 2 aliphatic carbocycles. The van der Waals surface area contributed by atoms with Crippen LogP contribution in [0.1, 0.15) is 42.1 Å². The van der Waals surface area contributed by atoms with E-state index in [0.717, 1.165) is 19.4 Å². The number of rotatable bonds is 8. The van der Waals surface area contributed by atoms with Crippen LogP contribution in [0, 0.1) is 11.8 Å². The van der Waals surface area contributed by atoms with E-state index in [2.05, 4.69) is 27.2 Å². The third-order valence-corrected chi connectivity index (χ3v) is 9.33. The highest BCUT2D eigenvalue weighted by Crippen LogP contribution is 2.44. The number of aromatic nitrogens is 4. The number of anilines is 2. The maximum absolute atomic E-state index is 14.0. The quantitative estimate of drug-likeness (QED) is 0.300. The van der Waals surface area contributed by atoms with Crippen LogP contribution in [0.4, 0.5) is 11.5 Å². The Kier molecular flexibility index (Phi) is 7.25. The van der Waals surface area contributed by atoms with Crippen molar-refractivity contribution in [2.24, 2.45) is 11.8 Å². The number of nitrogens with zero attached hydrogens (tertiary/aromatic N) is 6. The molecule has 11 nitrogen and oxygen atoms in total. The number of nitrogens with one attached hydrogen (secondary N) is 1. The van der Waals surface area contributed by atoms with Gasteiger partial charge in [-0.3, -0.25) is 23.6 Å². The highest BCUT2D eigenvalue weighted by Gasteiger charge is 2.44. The number of nitrogen functional groups attached to an aromatic ring is 1. The van der Waals surface area contributed by atoms with Gasteiger partial charge in [-0.05, 0) is 81.0 Å². The molecule has 2 amide bonds. The zero-order valence-electron chi connectivity index (χ0n) is 24.7. The zero-order valence-corrected chi connectivity index (χ0v) is 24.7. The number of likely N-dealkylation sites (tertiary alicyclic amines) is 1. The van der Waals surface area contributed by atoms with Gasteiger partial charge in [0.15, 0.2) is 11.5 Å². The molecule has 1 aliphatic heterocycles. The molecule has 2 unspecified atom stereocenters. The van der Waals surface area contributed by atoms with E-state index in [1.165, 1.54) is 19.2 Å². The summed E-state index contributed by atoms with van der Waals surface area (Å²) in [4.78, 5) is 52.5. The van der Waals surface area contributed by atoms with E-state index < -0.39 is 0 Å². The lowest BCUT2D eigenvalue weighted by molar-refractivity contribution is -0.125. The Hall–Kier alpha value is -4.77. The molecular formula is C33H36N8O3. The van der Waals surface area contributed by atoms with Gasteiger partial charge in [0.2, 0.25) is 5.91 Å². The van der Waals surface area contributed by atoms with Crippen molar-refractivity contribution in [3.8, 4) is 5.69 Å². The zero-order chi connectivity index (χ0) is 30.4. The molecule has 2 atom stereocenters. The van der Waals surface area contributed by atoms with Crippen LogP contribution in [0.15, 0.2) is 77.9 Å². The Balaban J connectivity index is 1.09. The van der Waals surface area contributed by atoms with Gasteiger partial charge in [0, 0.05) is 49.0 Å². The number of amides is 2. The first-order valence-electron chi connectivity index (χ1n) is 15.2. The monoisotopic (exact) mass is 592 g/mol. The van der Waals surface area contributed by atoms with Crippen molar-refractivity contribution >= 4 is 34.5 Å². The Morgan fingerprint density at radius 1 is 1.02 bits per heavy atom. The van der Waals surface area contributed by atoms with Crippen molar-refractivity contribution in [1.82, 2.24) is 28.9 Å². The van der Waals surface area contributed by atoms with E-state index in [1.807, 2.05) is 29.2 Å². The minimum Gasteiger partial charge on any atom is -0.382 e. The normalized spacial score (nSPS) is 21.4. The minimum absolute atomic E-state index is 0.0556. The van der Waals surface area contributed by atoms with Gasteiger partial charge in [0.1, 0.15) is 11.8 Å². The Labute approximate surface area is 255 Å². The summed E-state index contributed by atoms with van der Waals surface area (Å²) in [5, 5.41) is 2.89. The third kappa shape index (κ3) is 5.28. The van der Waals surface area contributed by atoms with Crippen molar-refractivity contribution in [2.75, 3.05) is 37.7 Å². The number of likely N-dealkylation sites (N-methyl/N-ethyl adjacent to an activating group) is 1. The van der Waals surface area contributed by atoms with Crippen LogP contribution in [0.3, 0.4) is 0 Å². The second-order valence-corrected chi connectivity index (χ2v) is 12.2. The van der Waals surface area contributed by atoms with Crippen LogP contribution in [0.5, 0.6) is 0 Å². The van der Waals surface area contributed by atoms with Gasteiger partial charge in [-0.2, -0.15) is 0 Å². The lowest BCUT2D eigenvalue weighted by Gasteiger charge is -2.19. The van der Waals surface area contributed by atoms with Gasteiger partial charge in [-0.25, -0.2) is 14.8 Å². The molecule has 3 N–H and O–H groups in total. The first kappa shape index (κ1) is 28.0. The smallest absolute Gasteiger partial charge is 0.335 e. The Bertz CT molecular complexity index is 1780. The largest absolute Gasteiger partial charge is 0.382 e. The maximum Gasteiger partial charge on any atom is 0.335 e. The van der Waals surface area contributed by atoms with E-state index in [9.17, 15) is 14.4 Å². The van der Waals surface area contributed by atoms with E-state index >= 15 is 0 Å². The van der Waals surface area contributed by atoms with Crippen LogP contribution in [0.2, 0.25) is 0 Å². The van der Waals surface area contributed by atoms with E-state index in [0.29, 0.717) is 59.1 Å². The lowest BCUT2D eigenvalue weighted by atomic mass is 10.0. The molecule has 0 bridgehead atoms. The fourth-order valence-corrected chi connectivity index (χ4v) is 6.87. The van der Waals surface area contributed by atoms with Gasteiger partial charge in [0.05, 0.1) is 5.69 Å². The topological polar surface area (TPSA) is 131 Å². The second kappa shape index (κ2) is 11.4. The van der Waals surface area contributed by atoms with E-state index in [4.69, 9.17) is 5.73 Å². The Morgan fingerprint density at radius 2 is 1.73 bits per heavy atom. The number of hydrogen-bond acceptors (Lipinski definition) is 7. The summed E-state index contributed by atoms with van der Waals surface area (Å²) in [5.74, 6) is 0.722. The molecule has 7 rings (SSSR count). The summed E-state index contributed by atoms with van der Waals surface area (Å²) < 4.78 is 3.32. The molecule has 3 fully saturated rings. The SMILES string of the molecule is CN(CC=CC(=O)N1CC2CC(n3c(=O)n(-c4ccc(NC(=O)c5ccccc5)cc4)c4c(N)ncnc43)CC2C1)C1CC1. The summed E-state index contributed by atoms with van der Waals surface area (Å²) in [6.45, 7) is 2.19. The Morgan fingerprint density at radius 3 is 2.41 bits per heavy atom. The molecule has 2 aromatic heterocycles. The van der Waals surface area contributed by atoms with Gasteiger partial charge in [-0.1, -0.05) is 24.3 Å². The number of nitrogens with two attached hydrogens (primary N) is 1. The molecule has 4 aromatic rings. The predicted molar refractivity (Wildman–Crippen MR) is 169 cm³/mol. The van der Waals surface area contributed by atoms with E-state index in [1.54, 1.807) is 51.6 Å². The van der Waals surface area contributed by atoms with Crippen molar-refractivity contribution in [2.45, 2.75) is 37.8 Å². The molecule has 44 heavy (non-hydrogen) atoms. The van der Waals surface area contributed by atoms with Crippen molar-refractivity contribution < 1.29 is 9.59 Å². The summed E-state index contributed by atoms with van der Waals surface area (Å²) in [6.07, 6.45) is 9.15. The summed E-state index contributed by atoms with van der Waals surface area (Å²) in [7, 11) is 2.10.